The highest BCUT2D eigenvalue weighted by Gasteiger charge is 2.31. The van der Waals surface area contributed by atoms with Gasteiger partial charge in [-0.3, -0.25) is 9.59 Å². The Morgan fingerprint density at radius 3 is 2.88 bits per heavy atom. The number of hydrogen-bond acceptors (Lipinski definition) is 7. The van der Waals surface area contributed by atoms with E-state index in [4.69, 9.17) is 9.47 Å². The van der Waals surface area contributed by atoms with E-state index in [1.54, 1.807) is 18.3 Å². The van der Waals surface area contributed by atoms with Crippen molar-refractivity contribution in [2.24, 2.45) is 5.92 Å². The predicted octanol–water partition coefficient (Wildman–Crippen LogP) is 2.56. The maximum atomic E-state index is 12.5. The summed E-state index contributed by atoms with van der Waals surface area (Å²) in [5, 5.41) is 2.48. The van der Waals surface area contributed by atoms with E-state index in [2.05, 4.69) is 25.0 Å². The number of aromatic amines is 1. The molecular weight excluding hydrogens is 445 g/mol. The number of nitrogens with zero attached hydrogens (tertiary/aromatic N) is 2. The fraction of sp³-hybridized carbons (Fsp3) is 0.333. The number of carbonyl (C=O) groups excluding carboxylic acids is 1. The van der Waals surface area contributed by atoms with E-state index in [-0.39, 0.29) is 23.3 Å². The number of fused-ring (bicyclic) bond motifs is 1. The van der Waals surface area contributed by atoms with Crippen LogP contribution in [0.5, 0.6) is 11.6 Å². The summed E-state index contributed by atoms with van der Waals surface area (Å²) in [5.41, 5.74) is -0.00437. The Bertz CT molecular complexity index is 1210. The molecule has 3 heterocycles. The van der Waals surface area contributed by atoms with Gasteiger partial charge in [-0.1, -0.05) is 0 Å². The lowest BCUT2D eigenvalue weighted by atomic mass is 10.1. The minimum Gasteiger partial charge on any atom is -0.477 e. The molecule has 3 aromatic rings. The third-order valence-electron chi connectivity index (χ3n) is 4.87. The summed E-state index contributed by atoms with van der Waals surface area (Å²) >= 11 is 0. The Morgan fingerprint density at radius 2 is 2.12 bits per heavy atom. The van der Waals surface area contributed by atoms with E-state index in [9.17, 15) is 22.8 Å². The van der Waals surface area contributed by atoms with Crippen molar-refractivity contribution in [2.45, 2.75) is 19.3 Å². The van der Waals surface area contributed by atoms with E-state index in [1.807, 2.05) is 0 Å². The Hall–Kier alpha value is -3.67. The molecule has 2 N–H and O–H groups in total. The normalized spacial score (nSPS) is 16.0. The zero-order valence-corrected chi connectivity index (χ0v) is 17.1. The maximum absolute atomic E-state index is 12.5. The van der Waals surface area contributed by atoms with Gasteiger partial charge in [-0.2, -0.15) is 0 Å². The number of nitrogens with one attached hydrogen (secondary N) is 2. The lowest BCUT2D eigenvalue weighted by Gasteiger charge is -2.11. The lowest BCUT2D eigenvalue weighted by Crippen LogP contribution is -2.27. The van der Waals surface area contributed by atoms with Crippen LogP contribution in [0.4, 0.5) is 13.2 Å². The summed E-state index contributed by atoms with van der Waals surface area (Å²) in [6.45, 7) is 1.98. The second-order valence-electron chi connectivity index (χ2n) is 7.37. The molecule has 174 valence electrons. The zero-order chi connectivity index (χ0) is 23.4. The second-order valence-corrected chi connectivity index (χ2v) is 7.37. The quantitative estimate of drug-likeness (QED) is 0.552. The van der Waals surface area contributed by atoms with Gasteiger partial charge in [-0.25, -0.2) is 9.97 Å². The van der Waals surface area contributed by atoms with Gasteiger partial charge in [0.2, 0.25) is 5.88 Å². The molecule has 1 aromatic carbocycles. The van der Waals surface area contributed by atoms with Crippen LogP contribution < -0.4 is 20.3 Å². The average Bonchev–Trinajstić information content (AvgIpc) is 3.29. The fourth-order valence-electron chi connectivity index (χ4n) is 3.25. The van der Waals surface area contributed by atoms with Crippen molar-refractivity contribution in [3.63, 3.8) is 0 Å². The third-order valence-corrected chi connectivity index (χ3v) is 4.87. The Morgan fingerprint density at radius 1 is 1.27 bits per heavy atom. The van der Waals surface area contributed by atoms with Crippen molar-refractivity contribution in [2.75, 3.05) is 19.8 Å². The van der Waals surface area contributed by atoms with Gasteiger partial charge in [0, 0.05) is 31.3 Å². The molecule has 1 unspecified atom stereocenters. The third kappa shape index (κ3) is 5.98. The monoisotopic (exact) mass is 464 g/mol. The first-order valence-electron chi connectivity index (χ1n) is 10.0. The number of alkyl halides is 3. The Labute approximate surface area is 184 Å². The highest BCUT2D eigenvalue weighted by molar-refractivity contribution is 5.92. The Balaban J connectivity index is 1.41. The van der Waals surface area contributed by atoms with Crippen molar-refractivity contribution in [1.29, 1.82) is 0 Å². The van der Waals surface area contributed by atoms with Crippen LogP contribution in [0.25, 0.3) is 10.9 Å². The number of ether oxygens (including phenoxy) is 3. The summed E-state index contributed by atoms with van der Waals surface area (Å²) in [6, 6.07) is 6.48. The summed E-state index contributed by atoms with van der Waals surface area (Å²) in [4.78, 5) is 35.2. The molecule has 2 aromatic heterocycles. The average molecular weight is 464 g/mol. The molecule has 33 heavy (non-hydrogen) atoms. The van der Waals surface area contributed by atoms with Crippen LogP contribution in [0, 0.1) is 5.92 Å². The molecule has 9 nitrogen and oxygen atoms in total. The summed E-state index contributed by atoms with van der Waals surface area (Å²) < 4.78 is 51.9. The van der Waals surface area contributed by atoms with Gasteiger partial charge in [0.1, 0.15) is 5.75 Å². The number of aromatic nitrogens is 3. The number of benzene rings is 1. The number of H-pyrrole nitrogens is 1. The number of halogens is 3. The van der Waals surface area contributed by atoms with Crippen LogP contribution >= 0.6 is 0 Å². The van der Waals surface area contributed by atoms with Crippen LogP contribution in [0.2, 0.25) is 0 Å². The number of rotatable bonds is 7. The van der Waals surface area contributed by atoms with Gasteiger partial charge < -0.3 is 24.5 Å². The van der Waals surface area contributed by atoms with Crippen LogP contribution in [-0.4, -0.2) is 47.0 Å². The lowest BCUT2D eigenvalue weighted by molar-refractivity contribution is -0.274. The molecule has 1 amide bonds. The first-order chi connectivity index (χ1) is 15.8. The summed E-state index contributed by atoms with van der Waals surface area (Å²) in [6.07, 6.45) is -2.40. The molecule has 1 aliphatic heterocycles. The van der Waals surface area contributed by atoms with E-state index in [1.165, 1.54) is 6.07 Å². The molecule has 1 fully saturated rings. The zero-order valence-electron chi connectivity index (χ0n) is 17.1. The van der Waals surface area contributed by atoms with Crippen LogP contribution in [0.3, 0.4) is 0 Å². The number of amides is 1. The molecule has 0 aliphatic carbocycles. The van der Waals surface area contributed by atoms with Gasteiger partial charge in [-0.05, 0) is 36.2 Å². The van der Waals surface area contributed by atoms with E-state index < -0.39 is 23.6 Å². The molecule has 0 saturated carbocycles. The molecule has 0 bridgehead atoms. The highest BCUT2D eigenvalue weighted by atomic mass is 19.4. The smallest absolute Gasteiger partial charge is 0.477 e. The second kappa shape index (κ2) is 9.45. The maximum Gasteiger partial charge on any atom is 0.573 e. The van der Waals surface area contributed by atoms with E-state index in [0.29, 0.717) is 30.6 Å². The molecule has 1 atom stereocenters. The molecule has 1 saturated heterocycles. The molecule has 4 rings (SSSR count). The van der Waals surface area contributed by atoms with E-state index >= 15 is 0 Å². The van der Waals surface area contributed by atoms with Crippen LogP contribution in [0.15, 0.2) is 41.3 Å². The number of hydrogen-bond donors (Lipinski definition) is 2. The molecule has 0 spiro atoms. The van der Waals surface area contributed by atoms with Gasteiger partial charge in [0.15, 0.2) is 5.82 Å². The standard InChI is InChI=1S/C21H19F3N4O5/c22-21(23,24)33-14-1-2-16-15(8-14)19(29)28-18(27-16)20(30)26-9-12-3-5-25-17(7-12)32-11-13-4-6-31-10-13/h1-3,5,7-8,13H,4,6,9-11H2,(H,26,30)(H,27,28,29). The van der Waals surface area contributed by atoms with Crippen molar-refractivity contribution in [3.8, 4) is 11.6 Å². The molecular formula is C21H19F3N4O5. The molecule has 1 aliphatic rings. The topological polar surface area (TPSA) is 115 Å². The van der Waals surface area contributed by atoms with Crippen LogP contribution in [-0.2, 0) is 11.3 Å². The van der Waals surface area contributed by atoms with Crippen molar-refractivity contribution < 1.29 is 32.2 Å². The first-order valence-corrected chi connectivity index (χ1v) is 10.0. The van der Waals surface area contributed by atoms with Gasteiger partial charge >= 0.3 is 6.36 Å². The van der Waals surface area contributed by atoms with Crippen molar-refractivity contribution in [1.82, 2.24) is 20.3 Å². The van der Waals surface area contributed by atoms with Crippen molar-refractivity contribution in [3.05, 3.63) is 58.3 Å². The van der Waals surface area contributed by atoms with E-state index in [0.717, 1.165) is 25.2 Å². The predicted molar refractivity (Wildman–Crippen MR) is 109 cm³/mol. The van der Waals surface area contributed by atoms with Gasteiger partial charge in [-0.15, -0.1) is 13.2 Å². The van der Waals surface area contributed by atoms with Gasteiger partial charge in [0.25, 0.3) is 11.5 Å². The number of carbonyl (C=O) groups is 1. The molecule has 12 heteroatoms. The number of pyridine rings is 1. The summed E-state index contributed by atoms with van der Waals surface area (Å²) in [5.74, 6) is -0.753. The van der Waals surface area contributed by atoms with Gasteiger partial charge in [0.05, 0.1) is 24.1 Å². The van der Waals surface area contributed by atoms with Crippen LogP contribution in [0.1, 0.15) is 22.6 Å². The SMILES string of the molecule is O=C(NCc1ccnc(OCC2CCOC2)c1)c1nc2ccc(OC(F)(F)F)cc2c(=O)[nH]1. The highest BCUT2D eigenvalue weighted by Crippen LogP contribution is 2.24. The minimum atomic E-state index is -4.89. The van der Waals surface area contributed by atoms with Crippen molar-refractivity contribution >= 4 is 16.8 Å². The largest absolute Gasteiger partial charge is 0.573 e. The minimum absolute atomic E-state index is 0.0499. The summed E-state index contributed by atoms with van der Waals surface area (Å²) in [7, 11) is 0. The fourth-order valence-corrected chi connectivity index (χ4v) is 3.25. The first kappa shape index (κ1) is 22.5. The Kier molecular flexibility index (Phi) is 6.45. The molecule has 0 radical (unpaired) electrons.